The van der Waals surface area contributed by atoms with Crippen LogP contribution in [0.3, 0.4) is 0 Å². The van der Waals surface area contributed by atoms with Crippen LogP contribution in [0.2, 0.25) is 0 Å². The summed E-state index contributed by atoms with van der Waals surface area (Å²) in [7, 11) is 0. The van der Waals surface area contributed by atoms with Crippen molar-refractivity contribution in [3.8, 4) is 0 Å². The quantitative estimate of drug-likeness (QED) is 0.321. The molecule has 3 heterocycles. The Labute approximate surface area is 266 Å². The van der Waals surface area contributed by atoms with Crippen LogP contribution >= 0.6 is 22.7 Å². The van der Waals surface area contributed by atoms with Crippen LogP contribution in [0.4, 0.5) is 0 Å². The maximum Gasteiger partial charge on any atom is 0.271 e. The van der Waals surface area contributed by atoms with Crippen molar-refractivity contribution in [2.75, 3.05) is 26.2 Å². The Hall–Kier alpha value is -3.68. The van der Waals surface area contributed by atoms with Crippen molar-refractivity contribution in [1.29, 1.82) is 0 Å². The number of benzene rings is 1. The van der Waals surface area contributed by atoms with Crippen molar-refractivity contribution in [1.82, 2.24) is 30.8 Å². The number of hydrogen-bond donors (Lipinski definition) is 4. The van der Waals surface area contributed by atoms with Gasteiger partial charge in [-0.25, -0.2) is 9.97 Å². The van der Waals surface area contributed by atoms with Crippen LogP contribution in [0.1, 0.15) is 94.6 Å². The molecule has 2 aromatic heterocycles. The standard InChI is InChI=1S/C31H41N7O4S2/c1-20(2)16-22-30-37-25(19-44-30)29(42)35-23(17-21-8-4-3-5-9-21)31-36-24(18-43-31)28(41)33-13-7-15-38(27(40)11-12-32)14-6-10-26(39)34-22/h3-5,8-9,18-20,22-23H,6-7,10-17,32H2,1-2H3,(H,33,41)(H,34,39)(H,35,42)/t22-,23-/m0/s1. The Bertz CT molecular complexity index is 1410. The van der Waals surface area contributed by atoms with Crippen LogP contribution in [0, 0.1) is 5.92 Å². The highest BCUT2D eigenvalue weighted by Gasteiger charge is 2.25. The average Bonchev–Trinajstić information content (AvgIpc) is 3.69. The molecule has 4 bridgehead atoms. The van der Waals surface area contributed by atoms with E-state index in [1.165, 1.54) is 22.7 Å². The fourth-order valence-corrected chi connectivity index (χ4v) is 6.69. The molecule has 1 aliphatic rings. The summed E-state index contributed by atoms with van der Waals surface area (Å²) >= 11 is 2.65. The molecule has 5 N–H and O–H groups in total. The van der Waals surface area contributed by atoms with Gasteiger partial charge in [0, 0.05) is 49.8 Å². The summed E-state index contributed by atoms with van der Waals surface area (Å²) in [6.45, 7) is 5.59. The first kappa shape index (κ1) is 33.2. The summed E-state index contributed by atoms with van der Waals surface area (Å²) in [4.78, 5) is 63.0. The molecule has 1 aromatic carbocycles. The molecule has 4 rings (SSSR count). The third-order valence-corrected chi connectivity index (χ3v) is 9.09. The van der Waals surface area contributed by atoms with E-state index in [1.807, 2.05) is 30.3 Å². The van der Waals surface area contributed by atoms with Crippen LogP contribution in [-0.2, 0) is 16.0 Å². The van der Waals surface area contributed by atoms with Gasteiger partial charge in [0.25, 0.3) is 11.8 Å². The van der Waals surface area contributed by atoms with E-state index in [0.717, 1.165) is 5.56 Å². The van der Waals surface area contributed by atoms with Gasteiger partial charge < -0.3 is 26.6 Å². The molecule has 44 heavy (non-hydrogen) atoms. The molecule has 4 amide bonds. The van der Waals surface area contributed by atoms with E-state index in [0.29, 0.717) is 55.3 Å². The number of nitrogens with two attached hydrogens (primary N) is 1. The summed E-state index contributed by atoms with van der Waals surface area (Å²) in [6, 6.07) is 8.95. The van der Waals surface area contributed by atoms with E-state index in [1.54, 1.807) is 15.7 Å². The maximum absolute atomic E-state index is 13.5. The SMILES string of the molecule is CC(C)C[C@@H]1NC(=O)CCCN(C(=O)CCN)CCCNC(=O)c2csc(n2)[C@H](Cc2ccccc2)NC(=O)c2csc1n2. The number of nitrogens with zero attached hydrogens (tertiary/aromatic N) is 3. The lowest BCUT2D eigenvalue weighted by Crippen LogP contribution is -2.37. The molecule has 0 radical (unpaired) electrons. The highest BCUT2D eigenvalue weighted by Crippen LogP contribution is 2.27. The van der Waals surface area contributed by atoms with Gasteiger partial charge in [-0.3, -0.25) is 19.2 Å². The van der Waals surface area contributed by atoms with Gasteiger partial charge in [-0.15, -0.1) is 22.7 Å². The van der Waals surface area contributed by atoms with Crippen LogP contribution in [0.5, 0.6) is 0 Å². The van der Waals surface area contributed by atoms with E-state index < -0.39 is 6.04 Å². The Morgan fingerprint density at radius 3 is 2.30 bits per heavy atom. The molecule has 1 aliphatic heterocycles. The number of amides is 4. The smallest absolute Gasteiger partial charge is 0.271 e. The van der Waals surface area contributed by atoms with Gasteiger partial charge in [-0.2, -0.15) is 0 Å². The lowest BCUT2D eigenvalue weighted by molar-refractivity contribution is -0.131. The molecule has 0 unspecified atom stereocenters. The molecular formula is C31H41N7O4S2. The van der Waals surface area contributed by atoms with E-state index in [-0.39, 0.29) is 66.4 Å². The first-order valence-electron chi connectivity index (χ1n) is 15.0. The topological polar surface area (TPSA) is 159 Å². The predicted molar refractivity (Wildman–Crippen MR) is 171 cm³/mol. The first-order valence-corrected chi connectivity index (χ1v) is 16.8. The Kier molecular flexibility index (Phi) is 12.4. The van der Waals surface area contributed by atoms with Crippen molar-refractivity contribution in [3.05, 3.63) is 68.1 Å². The Morgan fingerprint density at radius 2 is 1.61 bits per heavy atom. The molecule has 0 aliphatic carbocycles. The van der Waals surface area contributed by atoms with Crippen molar-refractivity contribution in [3.63, 3.8) is 0 Å². The van der Waals surface area contributed by atoms with Crippen LogP contribution in [0.15, 0.2) is 41.1 Å². The summed E-state index contributed by atoms with van der Waals surface area (Å²) in [6.07, 6.45) is 2.64. The average molecular weight is 640 g/mol. The molecule has 0 saturated heterocycles. The second-order valence-corrected chi connectivity index (χ2v) is 13.0. The summed E-state index contributed by atoms with van der Waals surface area (Å²) in [5.74, 6) is -0.594. The molecule has 11 nitrogen and oxygen atoms in total. The maximum atomic E-state index is 13.5. The van der Waals surface area contributed by atoms with E-state index in [2.05, 4.69) is 39.8 Å². The van der Waals surface area contributed by atoms with Crippen LogP contribution in [0.25, 0.3) is 0 Å². The lowest BCUT2D eigenvalue weighted by Gasteiger charge is -2.23. The lowest BCUT2D eigenvalue weighted by atomic mass is 10.0. The van der Waals surface area contributed by atoms with Gasteiger partial charge in [-0.1, -0.05) is 44.2 Å². The number of aromatic nitrogens is 2. The van der Waals surface area contributed by atoms with Gasteiger partial charge in [-0.05, 0) is 37.2 Å². The zero-order valence-electron chi connectivity index (χ0n) is 25.2. The molecule has 0 spiro atoms. The van der Waals surface area contributed by atoms with Gasteiger partial charge in [0.2, 0.25) is 11.8 Å². The third kappa shape index (κ3) is 9.66. The van der Waals surface area contributed by atoms with Gasteiger partial charge >= 0.3 is 0 Å². The zero-order valence-corrected chi connectivity index (χ0v) is 26.8. The van der Waals surface area contributed by atoms with E-state index in [9.17, 15) is 19.2 Å². The monoisotopic (exact) mass is 639 g/mol. The summed E-state index contributed by atoms with van der Waals surface area (Å²) in [5.41, 5.74) is 7.18. The predicted octanol–water partition coefficient (Wildman–Crippen LogP) is 3.61. The Balaban J connectivity index is 1.61. The molecule has 2 atom stereocenters. The van der Waals surface area contributed by atoms with Crippen molar-refractivity contribution in [2.45, 2.75) is 64.5 Å². The summed E-state index contributed by atoms with van der Waals surface area (Å²) in [5, 5.41) is 13.7. The fraction of sp³-hybridized carbons (Fsp3) is 0.484. The van der Waals surface area contributed by atoms with E-state index >= 15 is 0 Å². The number of hydrogen-bond acceptors (Lipinski definition) is 9. The van der Waals surface area contributed by atoms with E-state index in [4.69, 9.17) is 5.73 Å². The second-order valence-electron chi connectivity index (χ2n) is 11.2. The summed E-state index contributed by atoms with van der Waals surface area (Å²) < 4.78 is 0. The first-order chi connectivity index (χ1) is 21.2. The van der Waals surface area contributed by atoms with Crippen LogP contribution in [-0.4, -0.2) is 64.7 Å². The fourth-order valence-electron chi connectivity index (χ4n) is 4.98. The third-order valence-electron chi connectivity index (χ3n) is 7.17. The Morgan fingerprint density at radius 1 is 0.955 bits per heavy atom. The molecule has 0 saturated carbocycles. The minimum absolute atomic E-state index is 0.0728. The number of thiazole rings is 2. The van der Waals surface area contributed by atoms with Crippen molar-refractivity contribution < 1.29 is 19.2 Å². The minimum Gasteiger partial charge on any atom is -0.351 e. The normalized spacial score (nSPS) is 19.1. The number of carbonyl (C=O) groups excluding carboxylic acids is 4. The molecule has 3 aromatic rings. The molecular weight excluding hydrogens is 599 g/mol. The number of nitrogens with one attached hydrogen (secondary N) is 3. The van der Waals surface area contributed by atoms with Crippen LogP contribution < -0.4 is 21.7 Å². The van der Waals surface area contributed by atoms with Gasteiger partial charge in [0.1, 0.15) is 21.4 Å². The molecule has 0 fully saturated rings. The van der Waals surface area contributed by atoms with Gasteiger partial charge in [0.15, 0.2) is 0 Å². The van der Waals surface area contributed by atoms with Gasteiger partial charge in [0.05, 0.1) is 12.1 Å². The van der Waals surface area contributed by atoms with Crippen molar-refractivity contribution >= 4 is 46.3 Å². The molecule has 13 heteroatoms. The number of fused-ring (bicyclic) bond motifs is 4. The highest BCUT2D eigenvalue weighted by molar-refractivity contribution is 7.10. The number of carbonyl (C=O) groups is 4. The molecule has 236 valence electrons. The number of rotatable bonds is 6. The highest BCUT2D eigenvalue weighted by atomic mass is 32.1. The zero-order chi connectivity index (χ0) is 31.5. The minimum atomic E-state index is -0.482. The second kappa shape index (κ2) is 16.4. The largest absolute Gasteiger partial charge is 0.351 e. The van der Waals surface area contributed by atoms with Crippen molar-refractivity contribution in [2.24, 2.45) is 11.7 Å².